The molecule has 1 amide bonds. The number of hydrazine groups is 1. The van der Waals surface area contributed by atoms with Gasteiger partial charge in [-0.3, -0.25) is 10.2 Å². The first kappa shape index (κ1) is 9.09. The lowest BCUT2D eigenvalue weighted by Crippen LogP contribution is -2.34. The highest BCUT2D eigenvalue weighted by Gasteiger charge is 2.44. The van der Waals surface area contributed by atoms with Crippen LogP contribution in [0.5, 0.6) is 0 Å². The van der Waals surface area contributed by atoms with E-state index in [2.05, 4.69) is 5.43 Å². The Morgan fingerprint density at radius 3 is 2.92 bits per heavy atom. The molecule has 0 saturated heterocycles. The molecule has 3 unspecified atom stereocenters. The predicted molar refractivity (Wildman–Crippen MR) is 53.9 cm³/mol. The van der Waals surface area contributed by atoms with Gasteiger partial charge in [0.15, 0.2) is 0 Å². The molecule has 2 aliphatic carbocycles. The van der Waals surface area contributed by atoms with Crippen LogP contribution in [0.3, 0.4) is 0 Å². The van der Waals surface area contributed by atoms with Gasteiger partial charge in [-0.25, -0.2) is 5.84 Å². The van der Waals surface area contributed by atoms with Crippen molar-refractivity contribution < 1.29 is 4.79 Å². The number of thiocarbonyl (C=S) groups is 1. The summed E-state index contributed by atoms with van der Waals surface area (Å²) in [6.07, 6.45) is 4.19. The average molecular weight is 198 g/mol. The number of hydrogen-bond acceptors (Lipinski definition) is 3. The minimum absolute atomic E-state index is 0.0834. The summed E-state index contributed by atoms with van der Waals surface area (Å²) >= 11 is 5.34. The van der Waals surface area contributed by atoms with Gasteiger partial charge >= 0.3 is 0 Å². The minimum Gasteiger partial charge on any atom is -0.294 e. The molecule has 0 aromatic rings. The average Bonchev–Trinajstić information content (AvgIpc) is 2.69. The van der Waals surface area contributed by atoms with Crippen molar-refractivity contribution in [1.29, 1.82) is 0 Å². The van der Waals surface area contributed by atoms with Crippen molar-refractivity contribution in [2.75, 3.05) is 0 Å². The lowest BCUT2D eigenvalue weighted by molar-refractivity contribution is -0.121. The minimum atomic E-state index is -0.0834. The normalized spacial score (nSPS) is 36.7. The van der Waals surface area contributed by atoms with E-state index in [0.717, 1.165) is 4.86 Å². The Morgan fingerprint density at radius 1 is 1.62 bits per heavy atom. The number of carbonyl (C=O) groups excluding carboxylic acids is 1. The Kier molecular flexibility index (Phi) is 2.34. The van der Waals surface area contributed by atoms with Crippen LogP contribution in [0.15, 0.2) is 0 Å². The van der Waals surface area contributed by atoms with E-state index in [1.165, 1.54) is 19.3 Å². The molecule has 0 spiro atoms. The summed E-state index contributed by atoms with van der Waals surface area (Å²) < 4.78 is 0. The molecule has 2 fully saturated rings. The van der Waals surface area contributed by atoms with Gasteiger partial charge in [-0.15, -0.1) is 0 Å². The van der Waals surface area contributed by atoms with Gasteiger partial charge in [-0.1, -0.05) is 12.2 Å². The molecular weight excluding hydrogens is 184 g/mol. The van der Waals surface area contributed by atoms with Crippen molar-refractivity contribution in [2.45, 2.75) is 25.7 Å². The molecule has 4 heteroatoms. The quantitative estimate of drug-likeness (QED) is 0.298. The largest absolute Gasteiger partial charge is 0.294 e. The number of hydrogen-bond donors (Lipinski definition) is 2. The third kappa shape index (κ3) is 1.48. The number of amides is 1. The van der Waals surface area contributed by atoms with Crippen LogP contribution in [-0.4, -0.2) is 10.8 Å². The summed E-state index contributed by atoms with van der Waals surface area (Å²) in [6, 6.07) is 0. The zero-order valence-corrected chi connectivity index (χ0v) is 8.27. The summed E-state index contributed by atoms with van der Waals surface area (Å²) in [4.78, 5) is 12.2. The van der Waals surface area contributed by atoms with Crippen molar-refractivity contribution in [3.05, 3.63) is 0 Å². The Bertz CT molecular complexity index is 254. The van der Waals surface area contributed by atoms with E-state index in [9.17, 15) is 4.79 Å². The van der Waals surface area contributed by atoms with Gasteiger partial charge in [0.2, 0.25) is 5.91 Å². The zero-order valence-electron chi connectivity index (χ0n) is 7.45. The van der Waals surface area contributed by atoms with E-state index < -0.39 is 0 Å². The lowest BCUT2D eigenvalue weighted by Gasteiger charge is -2.21. The molecule has 2 aliphatic rings. The molecule has 2 saturated carbocycles. The van der Waals surface area contributed by atoms with Crippen molar-refractivity contribution in [2.24, 2.45) is 23.6 Å². The van der Waals surface area contributed by atoms with Gasteiger partial charge in [-0.2, -0.15) is 0 Å². The summed E-state index contributed by atoms with van der Waals surface area (Å²) in [5.74, 6) is 6.58. The maximum atomic E-state index is 11.1. The highest BCUT2D eigenvalue weighted by Crippen LogP contribution is 2.47. The summed E-state index contributed by atoms with van der Waals surface area (Å²) in [5.41, 5.74) is 2.17. The molecule has 0 aromatic heterocycles. The first-order valence-corrected chi connectivity index (χ1v) is 5.16. The first-order chi connectivity index (χ1) is 6.22. The Morgan fingerprint density at radius 2 is 2.38 bits per heavy atom. The molecule has 3 N–H and O–H groups in total. The van der Waals surface area contributed by atoms with Crippen LogP contribution in [0.1, 0.15) is 25.7 Å². The second-order valence-corrected chi connectivity index (χ2v) is 4.52. The van der Waals surface area contributed by atoms with Gasteiger partial charge in [0.1, 0.15) is 0 Å². The van der Waals surface area contributed by atoms with E-state index in [0.29, 0.717) is 24.2 Å². The van der Waals surface area contributed by atoms with Gasteiger partial charge < -0.3 is 0 Å². The third-order valence-corrected chi connectivity index (χ3v) is 4.01. The molecule has 0 radical (unpaired) electrons. The van der Waals surface area contributed by atoms with Gasteiger partial charge in [0, 0.05) is 12.3 Å². The number of nitrogens with two attached hydrogens (primary N) is 1. The van der Waals surface area contributed by atoms with Crippen molar-refractivity contribution in [3.63, 3.8) is 0 Å². The Hall–Kier alpha value is -0.480. The van der Waals surface area contributed by atoms with E-state index in [1.807, 2.05) is 0 Å². The number of carbonyl (C=O) groups is 1. The highest BCUT2D eigenvalue weighted by atomic mass is 32.1. The topological polar surface area (TPSA) is 55.1 Å². The molecule has 0 heterocycles. The fourth-order valence-corrected chi connectivity index (χ4v) is 3.19. The molecule has 72 valence electrons. The summed E-state index contributed by atoms with van der Waals surface area (Å²) in [6.45, 7) is 0. The second kappa shape index (κ2) is 3.35. The molecular formula is C9H14N2OS. The third-order valence-electron chi connectivity index (χ3n) is 3.38. The fourth-order valence-electron chi connectivity index (χ4n) is 2.70. The molecule has 0 aromatic carbocycles. The van der Waals surface area contributed by atoms with Crippen LogP contribution in [0.4, 0.5) is 0 Å². The molecule has 13 heavy (non-hydrogen) atoms. The highest BCUT2D eigenvalue weighted by molar-refractivity contribution is 7.80. The van der Waals surface area contributed by atoms with E-state index in [-0.39, 0.29) is 5.91 Å². The molecule has 0 aliphatic heterocycles. The van der Waals surface area contributed by atoms with Crippen LogP contribution < -0.4 is 11.3 Å². The predicted octanol–water partition coefficient (Wildman–Crippen LogP) is 0.782. The summed E-state index contributed by atoms with van der Waals surface area (Å²) in [5, 5.41) is 0. The van der Waals surface area contributed by atoms with Crippen LogP contribution >= 0.6 is 12.2 Å². The maximum absolute atomic E-state index is 11.1. The van der Waals surface area contributed by atoms with Gasteiger partial charge in [-0.05, 0) is 36.0 Å². The number of fused-ring (bicyclic) bond motifs is 2. The molecule has 3 atom stereocenters. The Labute approximate surface area is 83.0 Å². The van der Waals surface area contributed by atoms with Crippen molar-refractivity contribution in [1.82, 2.24) is 5.43 Å². The second-order valence-electron chi connectivity index (χ2n) is 4.05. The SMILES string of the molecule is NNC(=O)CC1C(=S)C2CCC1C2. The fraction of sp³-hybridized carbons (Fsp3) is 0.778. The monoisotopic (exact) mass is 198 g/mol. The first-order valence-electron chi connectivity index (χ1n) is 4.75. The lowest BCUT2D eigenvalue weighted by atomic mass is 9.86. The van der Waals surface area contributed by atoms with E-state index in [1.54, 1.807) is 0 Å². The van der Waals surface area contributed by atoms with Crippen LogP contribution in [0.25, 0.3) is 0 Å². The zero-order chi connectivity index (χ0) is 9.42. The molecule has 2 bridgehead atoms. The van der Waals surface area contributed by atoms with Crippen LogP contribution in [-0.2, 0) is 4.79 Å². The van der Waals surface area contributed by atoms with E-state index >= 15 is 0 Å². The maximum Gasteiger partial charge on any atom is 0.234 e. The van der Waals surface area contributed by atoms with Gasteiger partial charge in [0.05, 0.1) is 0 Å². The number of rotatable bonds is 2. The van der Waals surface area contributed by atoms with Gasteiger partial charge in [0.25, 0.3) is 0 Å². The summed E-state index contributed by atoms with van der Waals surface area (Å²) in [7, 11) is 0. The molecule has 3 nitrogen and oxygen atoms in total. The van der Waals surface area contributed by atoms with Crippen molar-refractivity contribution in [3.8, 4) is 0 Å². The number of nitrogens with one attached hydrogen (secondary N) is 1. The standard InChI is InChI=1S/C9H14N2OS/c10-11-8(12)4-7-5-1-2-6(3-5)9(7)13/h5-7H,1-4,10H2,(H,11,12). The Balaban J connectivity index is 2.00. The smallest absolute Gasteiger partial charge is 0.234 e. The van der Waals surface area contributed by atoms with Crippen LogP contribution in [0.2, 0.25) is 0 Å². The molecule has 2 rings (SSSR count). The van der Waals surface area contributed by atoms with Crippen molar-refractivity contribution >= 4 is 23.0 Å². The van der Waals surface area contributed by atoms with E-state index in [4.69, 9.17) is 18.1 Å². The van der Waals surface area contributed by atoms with Crippen LogP contribution in [0, 0.1) is 17.8 Å².